The molecule has 9 heteroatoms. The summed E-state index contributed by atoms with van der Waals surface area (Å²) >= 11 is 9.75. The molecule has 0 aromatic heterocycles. The summed E-state index contributed by atoms with van der Waals surface area (Å²) in [6.45, 7) is -1.01. The van der Waals surface area contributed by atoms with Gasteiger partial charge in [-0.25, -0.2) is 4.79 Å². The van der Waals surface area contributed by atoms with Gasteiger partial charge in [0.2, 0.25) is 0 Å². The lowest BCUT2D eigenvalue weighted by Gasteiger charge is -2.02. The van der Waals surface area contributed by atoms with E-state index in [-0.39, 0.29) is 3.94 Å². The molecule has 0 rings (SSSR count). The van der Waals surface area contributed by atoms with Crippen molar-refractivity contribution in [3.63, 3.8) is 0 Å². The monoisotopic (exact) mass is 215 g/mol. The molecule has 7 nitrogen and oxygen atoms in total. The van der Waals surface area contributed by atoms with Gasteiger partial charge in [0.15, 0.2) is 0 Å². The molecule has 12 heavy (non-hydrogen) atoms. The average Bonchev–Trinajstić information content (AvgIpc) is 1.84. The van der Waals surface area contributed by atoms with E-state index in [1.165, 1.54) is 0 Å². The second kappa shape index (κ2) is 4.73. The summed E-state index contributed by atoms with van der Waals surface area (Å²) in [7, 11) is 0. The maximum absolute atomic E-state index is 10.5. The van der Waals surface area contributed by atoms with Gasteiger partial charge in [0.05, 0.1) is 0 Å². The number of hydrogen-bond acceptors (Lipinski definition) is 4. The van der Waals surface area contributed by atoms with Gasteiger partial charge >= 0.3 is 6.03 Å². The average molecular weight is 216 g/mol. The quantitative estimate of drug-likeness (QED) is 0.402. The minimum atomic E-state index is -1.13. The Morgan fingerprint density at radius 2 is 2.00 bits per heavy atom. The molecule has 0 bridgehead atoms. The summed E-state index contributed by atoms with van der Waals surface area (Å²) in [5.41, 5.74) is 0. The zero-order chi connectivity index (χ0) is 9.72. The first-order valence-electron chi connectivity index (χ1n) is 2.50. The molecule has 0 aliphatic heterocycles. The van der Waals surface area contributed by atoms with Gasteiger partial charge in [-0.05, 0) is 0 Å². The second-order valence-electron chi connectivity index (χ2n) is 1.58. The van der Waals surface area contributed by atoms with Gasteiger partial charge in [-0.15, -0.1) is 3.94 Å². The summed E-state index contributed by atoms with van der Waals surface area (Å²) in [6, 6.07) is -1.13. The fraction of sp³-hybridized carbons (Fsp3) is 0.333. The highest BCUT2D eigenvalue weighted by Gasteiger charge is 2.16. The van der Waals surface area contributed by atoms with Gasteiger partial charge in [-0.3, -0.25) is 20.2 Å². The van der Waals surface area contributed by atoms with Gasteiger partial charge < -0.3 is 0 Å². The highest BCUT2D eigenvalue weighted by molar-refractivity contribution is 6.41. The van der Waals surface area contributed by atoms with Crippen molar-refractivity contribution < 1.29 is 14.5 Å². The van der Waals surface area contributed by atoms with Gasteiger partial charge in [0, 0.05) is 28.5 Å². The third kappa shape index (κ3) is 4.69. The normalized spacial score (nSPS) is 8.83. The van der Waals surface area contributed by atoms with Crippen molar-refractivity contribution in [1.29, 1.82) is 0 Å². The molecule has 0 aromatic carbocycles. The van der Waals surface area contributed by atoms with Crippen LogP contribution in [0.4, 0.5) is 4.79 Å². The smallest absolute Gasteiger partial charge is 0.270 e. The molecule has 0 fully saturated rings. The molecule has 0 saturated heterocycles. The third-order valence-corrected chi connectivity index (χ3v) is 0.980. The van der Waals surface area contributed by atoms with E-state index in [9.17, 15) is 19.7 Å². The molecule has 0 spiro atoms. The van der Waals surface area contributed by atoms with Gasteiger partial charge in [-0.2, -0.15) is 0 Å². The van der Waals surface area contributed by atoms with Crippen molar-refractivity contribution in [1.82, 2.24) is 9.25 Å². The van der Waals surface area contributed by atoms with Crippen LogP contribution in [-0.4, -0.2) is 27.3 Å². The molecule has 0 heterocycles. The Labute approximate surface area is 76.6 Å². The standard InChI is InChI=1S/C3H3Cl2N3O4/c4-8(5)3(10)6-2(9)1-7(11)12/h1H2,(H,6,9,10). The van der Waals surface area contributed by atoms with E-state index in [4.69, 9.17) is 23.6 Å². The lowest BCUT2D eigenvalue weighted by molar-refractivity contribution is -0.467. The van der Waals surface area contributed by atoms with E-state index in [1.807, 2.05) is 0 Å². The van der Waals surface area contributed by atoms with Crippen molar-refractivity contribution in [2.75, 3.05) is 6.54 Å². The number of carbonyl (C=O) groups excluding carboxylic acids is 2. The van der Waals surface area contributed by atoms with Crippen LogP contribution in [-0.2, 0) is 4.79 Å². The number of imide groups is 1. The van der Waals surface area contributed by atoms with Crippen LogP contribution in [0.1, 0.15) is 0 Å². The predicted octanol–water partition coefficient (Wildman–Crippen LogP) is 0.109. The molecule has 0 unspecified atom stereocenters. The number of nitrogens with zero attached hydrogens (tertiary/aromatic N) is 2. The summed E-state index contributed by atoms with van der Waals surface area (Å²) in [6.07, 6.45) is 0. The fourth-order valence-electron chi connectivity index (χ4n) is 0.318. The number of carbonyl (C=O) groups is 2. The maximum Gasteiger partial charge on any atom is 0.354 e. The molecule has 0 atom stereocenters. The summed E-state index contributed by atoms with van der Waals surface area (Å²) in [5, 5.41) is 11.3. The largest absolute Gasteiger partial charge is 0.354 e. The van der Waals surface area contributed by atoms with Gasteiger partial charge in [0.25, 0.3) is 12.5 Å². The van der Waals surface area contributed by atoms with Crippen LogP contribution < -0.4 is 5.32 Å². The van der Waals surface area contributed by atoms with Crippen molar-refractivity contribution >= 4 is 35.5 Å². The first kappa shape index (κ1) is 10.9. The summed E-state index contributed by atoms with van der Waals surface area (Å²) in [4.78, 5) is 29.7. The maximum atomic E-state index is 10.5. The minimum absolute atomic E-state index is 0.0534. The van der Waals surface area contributed by atoms with Gasteiger partial charge in [0.1, 0.15) is 0 Å². The van der Waals surface area contributed by atoms with Gasteiger partial charge in [-0.1, -0.05) is 0 Å². The van der Waals surface area contributed by atoms with Crippen LogP contribution in [0.25, 0.3) is 0 Å². The van der Waals surface area contributed by atoms with E-state index >= 15 is 0 Å². The molecule has 0 saturated carbocycles. The molecule has 0 radical (unpaired) electrons. The molecular weight excluding hydrogens is 213 g/mol. The third-order valence-electron chi connectivity index (χ3n) is 0.673. The molecule has 0 aliphatic rings. The van der Waals surface area contributed by atoms with E-state index in [1.54, 1.807) is 5.32 Å². The zero-order valence-electron chi connectivity index (χ0n) is 5.49. The van der Waals surface area contributed by atoms with E-state index in [0.29, 0.717) is 0 Å². The van der Waals surface area contributed by atoms with Crippen LogP contribution in [0.5, 0.6) is 0 Å². The highest BCUT2D eigenvalue weighted by atomic mass is 35.5. The van der Waals surface area contributed by atoms with E-state index in [0.717, 1.165) is 0 Å². The number of hydrogen-bond donors (Lipinski definition) is 1. The number of rotatable bonds is 2. The molecule has 3 amide bonds. The van der Waals surface area contributed by atoms with Crippen molar-refractivity contribution in [2.24, 2.45) is 0 Å². The zero-order valence-corrected chi connectivity index (χ0v) is 7.00. The van der Waals surface area contributed by atoms with Crippen LogP contribution in [0.3, 0.4) is 0 Å². The van der Waals surface area contributed by atoms with E-state index in [2.05, 4.69) is 0 Å². The Balaban J connectivity index is 3.85. The topological polar surface area (TPSA) is 92.5 Å². The molecular formula is C3H3Cl2N3O4. The Hall–Kier alpha value is -1.08. The van der Waals surface area contributed by atoms with Crippen molar-refractivity contribution in [2.45, 2.75) is 0 Å². The Bertz CT molecular complexity index is 218. The minimum Gasteiger partial charge on any atom is -0.270 e. The number of amides is 3. The van der Waals surface area contributed by atoms with Crippen LogP contribution in [0.2, 0.25) is 0 Å². The number of nitro groups is 1. The van der Waals surface area contributed by atoms with Crippen LogP contribution >= 0.6 is 23.6 Å². The van der Waals surface area contributed by atoms with Crippen LogP contribution in [0, 0.1) is 10.1 Å². The highest BCUT2D eigenvalue weighted by Crippen LogP contribution is 1.97. The van der Waals surface area contributed by atoms with Crippen molar-refractivity contribution in [3.8, 4) is 0 Å². The fourth-order valence-corrected chi connectivity index (χ4v) is 0.403. The molecule has 0 aromatic rings. The molecule has 1 N–H and O–H groups in total. The molecule has 0 aliphatic carbocycles. The predicted molar refractivity (Wildman–Crippen MR) is 38.9 cm³/mol. The SMILES string of the molecule is O=C(C[N+](=O)[O-])NC(=O)N(Cl)Cl. The Kier molecular flexibility index (Phi) is 4.30. The molecule has 68 valence electrons. The first-order valence-corrected chi connectivity index (χ1v) is 3.18. The first-order chi connectivity index (χ1) is 5.43. The Morgan fingerprint density at radius 3 is 2.33 bits per heavy atom. The lowest BCUT2D eigenvalue weighted by atomic mass is 10.6. The lowest BCUT2D eigenvalue weighted by Crippen LogP contribution is -2.37. The summed E-state index contributed by atoms with van der Waals surface area (Å²) in [5.74, 6) is -1.09. The summed E-state index contributed by atoms with van der Waals surface area (Å²) < 4.78 is 0.0534. The second-order valence-corrected chi connectivity index (χ2v) is 2.43. The number of nitrogens with one attached hydrogen (secondary N) is 1. The van der Waals surface area contributed by atoms with E-state index < -0.39 is 23.4 Å². The number of urea groups is 1. The van der Waals surface area contributed by atoms with Crippen molar-refractivity contribution in [3.05, 3.63) is 10.1 Å². The Morgan fingerprint density at radius 1 is 1.50 bits per heavy atom. The van der Waals surface area contributed by atoms with Crippen LogP contribution in [0.15, 0.2) is 0 Å². The number of halogens is 2.